The van der Waals surface area contributed by atoms with Gasteiger partial charge >= 0.3 is 12.4 Å². The number of nitriles is 1. The Hall–Kier alpha value is -1.78. The third-order valence-electron chi connectivity index (χ3n) is 1.83. The summed E-state index contributed by atoms with van der Waals surface area (Å²) in [6.07, 6.45) is -10.4. The Morgan fingerprint density at radius 3 is 2.12 bits per heavy atom. The topological polar surface area (TPSA) is 36.7 Å². The van der Waals surface area contributed by atoms with Crippen LogP contribution in [0.1, 0.15) is 16.8 Å². The molecule has 8 heteroatoms. The van der Waals surface area contributed by atoms with E-state index in [1.165, 1.54) is 6.07 Å². The summed E-state index contributed by atoms with van der Waals surface area (Å²) < 4.78 is 73.7. The maximum atomic E-state index is 12.3. The predicted molar refractivity (Wildman–Crippen MR) is 43.6 cm³/mol. The lowest BCUT2D eigenvalue weighted by Crippen LogP contribution is -2.15. The lowest BCUT2D eigenvalue weighted by molar-refractivity contribution is -0.145. The summed E-state index contributed by atoms with van der Waals surface area (Å²) in [5.74, 6) is 0. The second-order valence-electron chi connectivity index (χ2n) is 3.06. The SMILES string of the molecule is N#CCc1cc(C(F)(F)F)cnc1C(F)(F)F. The zero-order valence-corrected chi connectivity index (χ0v) is 8.02. The monoisotopic (exact) mass is 254 g/mol. The summed E-state index contributed by atoms with van der Waals surface area (Å²) in [6, 6.07) is 1.66. The van der Waals surface area contributed by atoms with E-state index in [4.69, 9.17) is 5.26 Å². The fraction of sp³-hybridized carbons (Fsp3) is 0.333. The van der Waals surface area contributed by atoms with Crippen LogP contribution in [-0.4, -0.2) is 4.98 Å². The maximum absolute atomic E-state index is 12.3. The van der Waals surface area contributed by atoms with Crippen LogP contribution in [0.4, 0.5) is 26.3 Å². The molecular formula is C9H4F6N2. The van der Waals surface area contributed by atoms with Gasteiger partial charge in [-0.15, -0.1) is 0 Å². The van der Waals surface area contributed by atoms with E-state index in [0.717, 1.165) is 0 Å². The first-order valence-electron chi connectivity index (χ1n) is 4.16. The molecule has 1 heterocycles. The smallest absolute Gasteiger partial charge is 0.251 e. The Morgan fingerprint density at radius 2 is 1.71 bits per heavy atom. The molecule has 0 aliphatic heterocycles. The van der Waals surface area contributed by atoms with Gasteiger partial charge in [0, 0.05) is 6.20 Å². The number of hydrogen-bond acceptors (Lipinski definition) is 2. The van der Waals surface area contributed by atoms with Crippen LogP contribution in [-0.2, 0) is 18.8 Å². The number of aromatic nitrogens is 1. The first-order chi connectivity index (χ1) is 7.66. The van der Waals surface area contributed by atoms with Crippen molar-refractivity contribution in [2.45, 2.75) is 18.8 Å². The lowest BCUT2D eigenvalue weighted by Gasteiger charge is -2.12. The molecule has 1 aromatic heterocycles. The summed E-state index contributed by atoms with van der Waals surface area (Å²) in [5, 5.41) is 8.28. The molecule has 0 aliphatic carbocycles. The summed E-state index contributed by atoms with van der Waals surface area (Å²) in [4.78, 5) is 2.74. The minimum Gasteiger partial charge on any atom is -0.251 e. The van der Waals surface area contributed by atoms with Gasteiger partial charge in [0.25, 0.3) is 0 Å². The van der Waals surface area contributed by atoms with Crippen molar-refractivity contribution in [3.63, 3.8) is 0 Å². The molecule has 0 unspecified atom stereocenters. The minimum absolute atomic E-state index is 0.101. The van der Waals surface area contributed by atoms with E-state index in [9.17, 15) is 26.3 Å². The van der Waals surface area contributed by atoms with Crippen LogP contribution in [0.2, 0.25) is 0 Å². The molecule has 0 saturated carbocycles. The van der Waals surface area contributed by atoms with E-state index in [1.807, 2.05) is 0 Å². The predicted octanol–water partition coefficient (Wildman–Crippen LogP) is 3.19. The number of halogens is 6. The van der Waals surface area contributed by atoms with E-state index in [1.54, 1.807) is 0 Å². The molecule has 1 rings (SSSR count). The largest absolute Gasteiger partial charge is 0.433 e. The van der Waals surface area contributed by atoms with E-state index in [-0.39, 0.29) is 6.20 Å². The van der Waals surface area contributed by atoms with Gasteiger partial charge in [-0.25, -0.2) is 0 Å². The van der Waals surface area contributed by atoms with Crippen LogP contribution in [0.15, 0.2) is 12.3 Å². The Balaban J connectivity index is 3.33. The van der Waals surface area contributed by atoms with Gasteiger partial charge in [0.05, 0.1) is 18.1 Å². The van der Waals surface area contributed by atoms with Crippen LogP contribution in [0.5, 0.6) is 0 Å². The first kappa shape index (κ1) is 13.3. The van der Waals surface area contributed by atoms with Gasteiger partial charge in [-0.2, -0.15) is 31.6 Å². The molecule has 0 aromatic carbocycles. The standard InChI is InChI=1S/C9H4F6N2/c10-8(11,12)6-3-5(1-2-16)7(17-4-6)9(13,14)15/h3-4H,1H2. The highest BCUT2D eigenvalue weighted by Crippen LogP contribution is 2.34. The summed E-state index contributed by atoms with van der Waals surface area (Å²) in [6.45, 7) is 0. The van der Waals surface area contributed by atoms with Crippen molar-refractivity contribution in [3.05, 3.63) is 29.1 Å². The van der Waals surface area contributed by atoms with E-state index < -0.39 is 35.6 Å². The molecule has 92 valence electrons. The van der Waals surface area contributed by atoms with Crippen LogP contribution in [0.25, 0.3) is 0 Å². The maximum Gasteiger partial charge on any atom is 0.433 e. The Morgan fingerprint density at radius 1 is 1.12 bits per heavy atom. The third kappa shape index (κ3) is 3.09. The third-order valence-corrected chi connectivity index (χ3v) is 1.83. The molecule has 0 saturated heterocycles. The molecule has 0 fully saturated rings. The Bertz CT molecular complexity index is 454. The van der Waals surface area contributed by atoms with Crippen molar-refractivity contribution in [1.82, 2.24) is 4.98 Å². The highest BCUT2D eigenvalue weighted by molar-refractivity contribution is 5.30. The van der Waals surface area contributed by atoms with Crippen molar-refractivity contribution in [2.75, 3.05) is 0 Å². The lowest BCUT2D eigenvalue weighted by atomic mass is 10.1. The normalized spacial score (nSPS) is 12.3. The van der Waals surface area contributed by atoms with Gasteiger partial charge < -0.3 is 0 Å². The molecule has 0 spiro atoms. The molecule has 0 amide bonds. The molecule has 0 radical (unpaired) electrons. The molecule has 1 aromatic rings. The average Bonchev–Trinajstić information content (AvgIpc) is 2.15. The summed E-state index contributed by atoms with van der Waals surface area (Å²) in [5.41, 5.74) is -3.56. The zero-order chi connectivity index (χ0) is 13.3. The van der Waals surface area contributed by atoms with Crippen LogP contribution in [0, 0.1) is 11.3 Å². The number of alkyl halides is 6. The molecular weight excluding hydrogens is 250 g/mol. The second kappa shape index (κ2) is 4.24. The fourth-order valence-electron chi connectivity index (χ4n) is 1.14. The van der Waals surface area contributed by atoms with Gasteiger partial charge in [-0.05, 0) is 11.6 Å². The van der Waals surface area contributed by atoms with Crippen LogP contribution < -0.4 is 0 Å². The number of rotatable bonds is 1. The molecule has 2 nitrogen and oxygen atoms in total. The Labute approximate surface area is 91.5 Å². The van der Waals surface area contributed by atoms with Gasteiger partial charge in [-0.1, -0.05) is 0 Å². The van der Waals surface area contributed by atoms with Crippen molar-refractivity contribution >= 4 is 0 Å². The zero-order valence-electron chi connectivity index (χ0n) is 8.02. The molecule has 0 bridgehead atoms. The second-order valence-corrected chi connectivity index (χ2v) is 3.06. The van der Waals surface area contributed by atoms with Gasteiger partial charge in [0.15, 0.2) is 0 Å². The first-order valence-corrected chi connectivity index (χ1v) is 4.16. The van der Waals surface area contributed by atoms with Crippen molar-refractivity contribution in [3.8, 4) is 6.07 Å². The van der Waals surface area contributed by atoms with E-state index >= 15 is 0 Å². The summed E-state index contributed by atoms with van der Waals surface area (Å²) >= 11 is 0. The van der Waals surface area contributed by atoms with Crippen molar-refractivity contribution in [2.24, 2.45) is 0 Å². The highest BCUT2D eigenvalue weighted by atomic mass is 19.4. The average molecular weight is 254 g/mol. The minimum atomic E-state index is -4.88. The number of nitrogens with zero attached hydrogens (tertiary/aromatic N) is 2. The van der Waals surface area contributed by atoms with E-state index in [0.29, 0.717) is 6.07 Å². The van der Waals surface area contributed by atoms with Gasteiger partial charge in [0.2, 0.25) is 0 Å². The molecule has 0 aliphatic rings. The quantitative estimate of drug-likeness (QED) is 0.721. The van der Waals surface area contributed by atoms with Gasteiger partial charge in [-0.3, -0.25) is 4.98 Å². The number of pyridine rings is 1. The molecule has 17 heavy (non-hydrogen) atoms. The van der Waals surface area contributed by atoms with Crippen molar-refractivity contribution < 1.29 is 26.3 Å². The van der Waals surface area contributed by atoms with Crippen molar-refractivity contribution in [1.29, 1.82) is 5.26 Å². The van der Waals surface area contributed by atoms with E-state index in [2.05, 4.69) is 4.98 Å². The molecule has 0 N–H and O–H groups in total. The molecule has 0 atom stereocenters. The highest BCUT2D eigenvalue weighted by Gasteiger charge is 2.38. The Kier molecular flexibility index (Phi) is 3.31. The van der Waals surface area contributed by atoms with Gasteiger partial charge in [0.1, 0.15) is 5.69 Å². The van der Waals surface area contributed by atoms with Crippen LogP contribution >= 0.6 is 0 Å². The fourth-order valence-corrected chi connectivity index (χ4v) is 1.14. The number of hydrogen-bond donors (Lipinski definition) is 0. The summed E-state index contributed by atoms with van der Waals surface area (Å²) in [7, 11) is 0. The van der Waals surface area contributed by atoms with Crippen LogP contribution in [0.3, 0.4) is 0 Å².